The maximum Gasteiger partial charge on any atom is 0.263 e. The summed E-state index contributed by atoms with van der Waals surface area (Å²) < 4.78 is 22.9. The Balaban J connectivity index is 1.89. The minimum Gasteiger partial charge on any atom is -0.281 e. The lowest BCUT2D eigenvalue weighted by Crippen LogP contribution is -2.42. The molecular weight excluding hydrogens is 216 g/mol. The molecule has 3 fully saturated rings. The van der Waals surface area contributed by atoms with Crippen LogP contribution >= 0.6 is 0 Å². The summed E-state index contributed by atoms with van der Waals surface area (Å²) in [5.41, 5.74) is -0.512. The van der Waals surface area contributed by atoms with Gasteiger partial charge in [0.25, 0.3) is 5.91 Å². The number of piperidine rings is 1. The lowest BCUT2D eigenvalue weighted by atomic mass is 9.95. The molecular formula is C9H13N2O3S. The quantitative estimate of drug-likeness (QED) is 0.487. The van der Waals surface area contributed by atoms with Gasteiger partial charge in [-0.2, -0.15) is 0 Å². The van der Waals surface area contributed by atoms with E-state index in [9.17, 15) is 13.2 Å². The number of sulfone groups is 1. The molecule has 0 aromatic rings. The Labute approximate surface area is 88.7 Å². The Hall–Kier alpha value is -0.620. The molecule has 3 unspecified atom stereocenters. The molecule has 3 saturated heterocycles. The fourth-order valence-corrected chi connectivity index (χ4v) is 4.53. The topological polar surface area (TPSA) is 68.3 Å². The van der Waals surface area contributed by atoms with Gasteiger partial charge in [-0.1, -0.05) is 0 Å². The minimum atomic E-state index is -2.92. The maximum absolute atomic E-state index is 11.8. The van der Waals surface area contributed by atoms with Crippen molar-refractivity contribution in [2.24, 2.45) is 0 Å². The predicted molar refractivity (Wildman–Crippen MR) is 53.1 cm³/mol. The maximum atomic E-state index is 11.8. The van der Waals surface area contributed by atoms with Crippen LogP contribution in [0.5, 0.6) is 0 Å². The van der Waals surface area contributed by atoms with Gasteiger partial charge in [0.1, 0.15) is 5.54 Å². The van der Waals surface area contributed by atoms with Crippen LogP contribution in [0.3, 0.4) is 0 Å². The number of carbonyl (C=O) groups is 1. The fraction of sp³-hybridized carbons (Fsp3) is 0.889. The van der Waals surface area contributed by atoms with E-state index in [0.29, 0.717) is 13.1 Å². The van der Waals surface area contributed by atoms with Crippen molar-refractivity contribution in [3.63, 3.8) is 0 Å². The first-order chi connectivity index (χ1) is 7.06. The largest absolute Gasteiger partial charge is 0.281 e. The molecule has 15 heavy (non-hydrogen) atoms. The summed E-state index contributed by atoms with van der Waals surface area (Å²) in [4.78, 5) is 13.8. The van der Waals surface area contributed by atoms with E-state index in [1.165, 1.54) is 0 Å². The van der Waals surface area contributed by atoms with Gasteiger partial charge in [0.2, 0.25) is 0 Å². The van der Waals surface area contributed by atoms with Crippen LogP contribution < -0.4 is 5.32 Å². The molecule has 3 atom stereocenters. The third-order valence-electron chi connectivity index (χ3n) is 3.77. The summed E-state index contributed by atoms with van der Waals surface area (Å²) in [6, 6.07) is -0.0761. The summed E-state index contributed by atoms with van der Waals surface area (Å²) in [7, 11) is -2.92. The van der Waals surface area contributed by atoms with Gasteiger partial charge >= 0.3 is 0 Å². The average Bonchev–Trinajstić information content (AvgIpc) is 2.77. The molecule has 0 bridgehead atoms. The summed E-state index contributed by atoms with van der Waals surface area (Å²) in [6.45, 7) is 1.11. The SMILES string of the molecule is O=C1[N]CCCC12C1CS(=O)(=O)CCN12. The fourth-order valence-electron chi connectivity index (χ4n) is 2.95. The van der Waals surface area contributed by atoms with Crippen LogP contribution in [0.15, 0.2) is 0 Å². The molecule has 0 aromatic heterocycles. The first kappa shape index (κ1) is 9.59. The summed E-state index contributed by atoms with van der Waals surface area (Å²) >= 11 is 0. The van der Waals surface area contributed by atoms with Crippen molar-refractivity contribution in [1.29, 1.82) is 0 Å². The minimum absolute atomic E-state index is 0.0761. The second kappa shape index (κ2) is 2.74. The molecule has 83 valence electrons. The number of rotatable bonds is 0. The van der Waals surface area contributed by atoms with E-state index in [4.69, 9.17) is 0 Å². The number of carbonyl (C=O) groups excluding carboxylic acids is 1. The standard InChI is InChI=1S/C9H13N2O3S/c12-8-9(2-1-3-10-8)7-6-15(13,14)5-4-11(7)9/h7H,1-6H2. The molecule has 6 heteroatoms. The monoisotopic (exact) mass is 229 g/mol. The van der Waals surface area contributed by atoms with E-state index < -0.39 is 15.4 Å². The number of amides is 1. The Morgan fingerprint density at radius 1 is 1.47 bits per heavy atom. The molecule has 0 saturated carbocycles. The van der Waals surface area contributed by atoms with E-state index >= 15 is 0 Å². The van der Waals surface area contributed by atoms with Crippen LogP contribution in [0.1, 0.15) is 12.8 Å². The van der Waals surface area contributed by atoms with Crippen molar-refractivity contribution in [3.8, 4) is 0 Å². The van der Waals surface area contributed by atoms with Gasteiger partial charge in [-0.15, -0.1) is 0 Å². The number of fused-ring (bicyclic) bond motifs is 3. The van der Waals surface area contributed by atoms with E-state index in [2.05, 4.69) is 5.32 Å². The van der Waals surface area contributed by atoms with Gasteiger partial charge in [0.05, 0.1) is 17.5 Å². The number of hydrogen-bond acceptors (Lipinski definition) is 4. The van der Waals surface area contributed by atoms with Gasteiger partial charge in [-0.3, -0.25) is 9.69 Å². The van der Waals surface area contributed by atoms with Gasteiger partial charge in [-0.05, 0) is 12.8 Å². The number of hydrogen-bond donors (Lipinski definition) is 0. The van der Waals surface area contributed by atoms with E-state index in [1.54, 1.807) is 0 Å². The molecule has 3 aliphatic heterocycles. The summed E-state index contributed by atoms with van der Waals surface area (Å²) in [5.74, 6) is 0.253. The molecule has 1 spiro atoms. The van der Waals surface area contributed by atoms with E-state index in [0.717, 1.165) is 12.8 Å². The first-order valence-corrected chi connectivity index (χ1v) is 7.07. The highest BCUT2D eigenvalue weighted by Crippen LogP contribution is 2.49. The Morgan fingerprint density at radius 2 is 2.27 bits per heavy atom. The van der Waals surface area contributed by atoms with Gasteiger partial charge < -0.3 is 0 Å². The van der Waals surface area contributed by atoms with Crippen LogP contribution in [0.2, 0.25) is 0 Å². The van der Waals surface area contributed by atoms with Crippen LogP contribution in [-0.2, 0) is 14.6 Å². The Morgan fingerprint density at radius 3 is 2.93 bits per heavy atom. The Kier molecular flexibility index (Phi) is 1.75. The highest BCUT2D eigenvalue weighted by atomic mass is 32.2. The summed E-state index contributed by atoms with van der Waals surface area (Å²) in [5, 5.41) is 3.94. The molecule has 1 amide bonds. The molecule has 0 aliphatic carbocycles. The normalized spacial score (nSPS) is 47.1. The molecule has 3 heterocycles. The third-order valence-corrected chi connectivity index (χ3v) is 5.40. The van der Waals surface area contributed by atoms with Gasteiger partial charge in [-0.25, -0.2) is 13.7 Å². The molecule has 5 nitrogen and oxygen atoms in total. The molecule has 3 aliphatic rings. The van der Waals surface area contributed by atoms with Crippen LogP contribution in [0, 0.1) is 0 Å². The molecule has 1 radical (unpaired) electrons. The van der Waals surface area contributed by atoms with Crippen molar-refractivity contribution in [3.05, 3.63) is 0 Å². The molecule has 3 rings (SSSR count). The van der Waals surface area contributed by atoms with Crippen LogP contribution in [0.25, 0.3) is 0 Å². The number of nitrogens with zero attached hydrogens (tertiary/aromatic N) is 2. The molecule has 0 aromatic carbocycles. The second-order valence-electron chi connectivity index (χ2n) is 4.54. The summed E-state index contributed by atoms with van der Waals surface area (Å²) in [6.07, 6.45) is 1.69. The zero-order valence-electron chi connectivity index (χ0n) is 8.35. The lowest BCUT2D eigenvalue weighted by Gasteiger charge is -2.20. The average molecular weight is 229 g/mol. The van der Waals surface area contributed by atoms with Crippen molar-refractivity contribution in [2.75, 3.05) is 24.6 Å². The van der Waals surface area contributed by atoms with Crippen LogP contribution in [0.4, 0.5) is 0 Å². The lowest BCUT2D eigenvalue weighted by molar-refractivity contribution is -0.126. The predicted octanol–water partition coefficient (Wildman–Crippen LogP) is -1.24. The Bertz CT molecular complexity index is 419. The highest BCUT2D eigenvalue weighted by molar-refractivity contribution is 7.91. The zero-order chi connectivity index (χ0) is 10.7. The van der Waals surface area contributed by atoms with Crippen molar-refractivity contribution >= 4 is 15.7 Å². The highest BCUT2D eigenvalue weighted by Gasteiger charge is 2.70. The smallest absolute Gasteiger partial charge is 0.263 e. The second-order valence-corrected chi connectivity index (χ2v) is 6.77. The van der Waals surface area contributed by atoms with Crippen molar-refractivity contribution in [1.82, 2.24) is 10.2 Å². The van der Waals surface area contributed by atoms with E-state index in [-0.39, 0.29) is 23.5 Å². The van der Waals surface area contributed by atoms with Crippen LogP contribution in [-0.4, -0.2) is 55.4 Å². The van der Waals surface area contributed by atoms with Crippen molar-refractivity contribution < 1.29 is 13.2 Å². The zero-order valence-corrected chi connectivity index (χ0v) is 9.16. The first-order valence-electron chi connectivity index (χ1n) is 5.25. The van der Waals surface area contributed by atoms with Gasteiger partial charge in [0, 0.05) is 13.1 Å². The van der Waals surface area contributed by atoms with Crippen molar-refractivity contribution in [2.45, 2.75) is 24.4 Å². The van der Waals surface area contributed by atoms with E-state index in [1.807, 2.05) is 4.90 Å². The third kappa shape index (κ3) is 1.18. The van der Waals surface area contributed by atoms with Gasteiger partial charge in [0.15, 0.2) is 9.84 Å². The molecule has 0 N–H and O–H groups in total.